The quantitative estimate of drug-likeness (QED) is 0.219. The van der Waals surface area contributed by atoms with Crippen LogP contribution in [0.2, 0.25) is 0 Å². The Balaban J connectivity index is 2.38. The number of nitrogens with two attached hydrogens (primary N) is 1. The molecule has 32 heavy (non-hydrogen) atoms. The molecule has 9 heteroatoms. The lowest BCUT2D eigenvalue weighted by Gasteiger charge is -2.33. The molecule has 2 rings (SSSR count). The number of carbonyl (C=O) groups excluding carboxylic acids is 1. The predicted molar refractivity (Wildman–Crippen MR) is 130 cm³/mol. The summed E-state index contributed by atoms with van der Waals surface area (Å²) in [6.45, 7) is 10.3. The van der Waals surface area contributed by atoms with E-state index in [0.29, 0.717) is 5.70 Å². The van der Waals surface area contributed by atoms with Gasteiger partial charge in [-0.15, -0.1) is 5.14 Å². The van der Waals surface area contributed by atoms with Gasteiger partial charge in [0, 0.05) is 14.1 Å². The van der Waals surface area contributed by atoms with E-state index in [1.165, 1.54) is 11.0 Å². The molecule has 0 bridgehead atoms. The SMILES string of the molecule is C=C(N[C@@H](c1ccccc1)C(C)(C)C)/C(=N\[S+](N)[O-])Nc1cccc(C(=O)N(C)C)c1O. The van der Waals surface area contributed by atoms with Crippen molar-refractivity contribution in [1.29, 1.82) is 0 Å². The van der Waals surface area contributed by atoms with Crippen LogP contribution in [0, 0.1) is 5.41 Å². The summed E-state index contributed by atoms with van der Waals surface area (Å²) in [4.78, 5) is 13.7. The molecule has 2 aromatic rings. The van der Waals surface area contributed by atoms with E-state index in [-0.39, 0.29) is 40.2 Å². The van der Waals surface area contributed by atoms with Crippen LogP contribution in [0.4, 0.5) is 5.69 Å². The first-order chi connectivity index (χ1) is 14.9. The molecule has 5 N–H and O–H groups in total. The van der Waals surface area contributed by atoms with Gasteiger partial charge in [-0.05, 0) is 27.5 Å². The van der Waals surface area contributed by atoms with Crippen LogP contribution in [0.15, 0.2) is 65.2 Å². The van der Waals surface area contributed by atoms with E-state index in [9.17, 15) is 14.5 Å². The monoisotopic (exact) mass is 457 g/mol. The molecule has 0 fully saturated rings. The van der Waals surface area contributed by atoms with Crippen molar-refractivity contribution in [2.75, 3.05) is 19.4 Å². The number of amides is 1. The Morgan fingerprint density at radius 2 is 1.81 bits per heavy atom. The fraction of sp³-hybridized carbons (Fsp3) is 0.304. The van der Waals surface area contributed by atoms with Gasteiger partial charge in [0.1, 0.15) is 0 Å². The lowest BCUT2D eigenvalue weighted by atomic mass is 9.82. The molecule has 1 unspecified atom stereocenters. The topological polar surface area (TPSA) is 126 Å². The molecule has 0 saturated carbocycles. The van der Waals surface area contributed by atoms with Gasteiger partial charge in [0.15, 0.2) is 17.3 Å². The van der Waals surface area contributed by atoms with Crippen molar-refractivity contribution in [2.45, 2.75) is 26.8 Å². The van der Waals surface area contributed by atoms with E-state index < -0.39 is 11.5 Å². The molecule has 0 aliphatic rings. The van der Waals surface area contributed by atoms with Gasteiger partial charge >= 0.3 is 0 Å². The van der Waals surface area contributed by atoms with Crippen LogP contribution in [0.25, 0.3) is 0 Å². The molecule has 2 aromatic carbocycles. The molecule has 2 atom stereocenters. The summed E-state index contributed by atoms with van der Waals surface area (Å²) in [6.07, 6.45) is 0. The highest BCUT2D eigenvalue weighted by molar-refractivity contribution is 7.88. The van der Waals surface area contributed by atoms with Gasteiger partial charge in [-0.1, -0.05) is 63.7 Å². The van der Waals surface area contributed by atoms with Crippen LogP contribution in [0.5, 0.6) is 5.75 Å². The summed E-state index contributed by atoms with van der Waals surface area (Å²) < 4.78 is 15.7. The number of hydrogen-bond acceptors (Lipinski definition) is 6. The van der Waals surface area contributed by atoms with Gasteiger partial charge in [-0.2, -0.15) is 0 Å². The van der Waals surface area contributed by atoms with Crippen molar-refractivity contribution in [3.8, 4) is 5.75 Å². The second-order valence-electron chi connectivity index (χ2n) is 8.57. The maximum Gasteiger partial charge on any atom is 0.257 e. The summed E-state index contributed by atoms with van der Waals surface area (Å²) in [5.74, 6) is -0.536. The molecular formula is C23H31N5O3S. The summed E-state index contributed by atoms with van der Waals surface area (Å²) in [7, 11) is 3.18. The number of anilines is 1. The second kappa shape index (κ2) is 10.5. The molecule has 0 heterocycles. The number of nitrogens with one attached hydrogen (secondary N) is 2. The molecule has 8 nitrogen and oxygen atoms in total. The Hall–Kier alpha value is -3.01. The number of hydrogen-bond donors (Lipinski definition) is 4. The van der Waals surface area contributed by atoms with Gasteiger partial charge in [0.25, 0.3) is 5.91 Å². The number of nitrogens with zero attached hydrogens (tertiary/aromatic N) is 2. The van der Waals surface area contributed by atoms with E-state index in [4.69, 9.17) is 5.14 Å². The van der Waals surface area contributed by atoms with Crippen molar-refractivity contribution < 1.29 is 14.5 Å². The average molecular weight is 458 g/mol. The summed E-state index contributed by atoms with van der Waals surface area (Å²) in [5, 5.41) is 22.3. The largest absolute Gasteiger partial charge is 0.572 e. The van der Waals surface area contributed by atoms with Crippen LogP contribution >= 0.6 is 0 Å². The van der Waals surface area contributed by atoms with E-state index in [0.717, 1.165) is 5.56 Å². The van der Waals surface area contributed by atoms with Crippen LogP contribution in [-0.4, -0.2) is 40.4 Å². The van der Waals surface area contributed by atoms with Crippen LogP contribution in [0.1, 0.15) is 42.7 Å². The third-order valence-electron chi connectivity index (χ3n) is 4.71. The number of carbonyl (C=O) groups is 1. The smallest absolute Gasteiger partial charge is 0.257 e. The maximum absolute atomic E-state index is 12.3. The predicted octanol–water partition coefficient (Wildman–Crippen LogP) is 3.33. The van der Waals surface area contributed by atoms with Gasteiger partial charge in [0.05, 0.1) is 23.0 Å². The highest BCUT2D eigenvalue weighted by Gasteiger charge is 2.28. The Morgan fingerprint density at radius 3 is 2.34 bits per heavy atom. The number of aromatic hydroxyl groups is 1. The minimum Gasteiger partial charge on any atom is -0.572 e. The molecular weight excluding hydrogens is 426 g/mol. The number of phenolic OH excluding ortho intramolecular Hbond substituents is 1. The van der Waals surface area contributed by atoms with Crippen molar-refractivity contribution in [2.24, 2.45) is 15.0 Å². The first kappa shape index (κ1) is 25.3. The molecule has 0 spiro atoms. The molecule has 172 valence electrons. The number of rotatable bonds is 7. The lowest BCUT2D eigenvalue weighted by molar-refractivity contribution is 0.0824. The lowest BCUT2D eigenvalue weighted by Crippen LogP contribution is -2.36. The average Bonchev–Trinajstić information content (AvgIpc) is 2.71. The zero-order valence-electron chi connectivity index (χ0n) is 19.0. The van der Waals surface area contributed by atoms with Crippen molar-refractivity contribution in [1.82, 2.24) is 10.2 Å². The van der Waals surface area contributed by atoms with E-state index in [1.807, 2.05) is 30.3 Å². The molecule has 1 amide bonds. The van der Waals surface area contributed by atoms with Crippen LogP contribution in [-0.2, 0) is 11.5 Å². The fourth-order valence-electron chi connectivity index (χ4n) is 3.12. The highest BCUT2D eigenvalue weighted by Crippen LogP contribution is 2.34. The standard InChI is InChI=1S/C23H31N5O3S/c1-15(25-20(23(2,3)4)16-11-8-7-9-12-16)21(27-32(24)31)26-18-14-10-13-17(19(18)29)22(30)28(5)6/h7-14,20,25,29H,1,24H2,2-6H3,(H,26,27)/t20-,32?/m0/s1. The second-order valence-corrected chi connectivity index (χ2v) is 9.31. The minimum absolute atomic E-state index is 0.0840. The Bertz CT molecular complexity index is 985. The summed E-state index contributed by atoms with van der Waals surface area (Å²) in [5.41, 5.74) is 1.49. The molecule has 0 aliphatic heterocycles. The highest BCUT2D eigenvalue weighted by atomic mass is 32.2. The third-order valence-corrected chi connectivity index (χ3v) is 5.07. The van der Waals surface area contributed by atoms with Gasteiger partial charge < -0.3 is 25.2 Å². The van der Waals surface area contributed by atoms with Crippen LogP contribution < -0.4 is 15.8 Å². The molecule has 0 saturated heterocycles. The van der Waals surface area contributed by atoms with Crippen LogP contribution in [0.3, 0.4) is 0 Å². The first-order valence-corrected chi connectivity index (χ1v) is 11.1. The number of para-hydroxylation sites is 1. The van der Waals surface area contributed by atoms with Crippen molar-refractivity contribution >= 4 is 29.0 Å². The Kier molecular flexibility index (Phi) is 8.31. The number of benzene rings is 2. The first-order valence-electron chi connectivity index (χ1n) is 9.98. The van der Waals surface area contributed by atoms with Crippen molar-refractivity contribution in [3.05, 3.63) is 71.9 Å². The van der Waals surface area contributed by atoms with Crippen molar-refractivity contribution in [3.63, 3.8) is 0 Å². The van der Waals surface area contributed by atoms with Gasteiger partial charge in [-0.25, -0.2) is 0 Å². The Labute approximate surface area is 192 Å². The van der Waals surface area contributed by atoms with E-state index in [2.05, 4.69) is 42.4 Å². The van der Waals surface area contributed by atoms with Gasteiger partial charge in [0.2, 0.25) is 5.84 Å². The molecule has 0 aliphatic carbocycles. The van der Waals surface area contributed by atoms with Gasteiger partial charge in [-0.3, -0.25) is 4.79 Å². The normalized spacial score (nSPS) is 13.8. The zero-order chi connectivity index (χ0) is 24.1. The molecule has 0 radical (unpaired) electrons. The minimum atomic E-state index is -2.03. The summed E-state index contributed by atoms with van der Waals surface area (Å²) >= 11 is -2.03. The fourth-order valence-corrected chi connectivity index (χ4v) is 3.45. The zero-order valence-corrected chi connectivity index (χ0v) is 19.9. The van der Waals surface area contributed by atoms with E-state index >= 15 is 0 Å². The third kappa shape index (κ3) is 6.49. The Morgan fingerprint density at radius 1 is 1.19 bits per heavy atom. The maximum atomic E-state index is 12.3. The number of amidine groups is 1. The van der Waals surface area contributed by atoms with E-state index in [1.54, 1.807) is 26.2 Å². The summed E-state index contributed by atoms with van der Waals surface area (Å²) in [6, 6.07) is 14.4. The number of phenols is 1. The molecule has 0 aromatic heterocycles.